The third-order valence-corrected chi connectivity index (χ3v) is 5.03. The molecule has 7 nitrogen and oxygen atoms in total. The number of aliphatic carboxylic acids is 1. The maximum atomic E-state index is 12.2. The van der Waals surface area contributed by atoms with Crippen LogP contribution in [0.4, 0.5) is 0 Å². The molecular formula is C15H14IN2O5S-. The molecule has 128 valence electrons. The maximum absolute atomic E-state index is 12.2. The predicted molar refractivity (Wildman–Crippen MR) is 97.9 cm³/mol. The van der Waals surface area contributed by atoms with Gasteiger partial charge in [0.25, 0.3) is 5.91 Å². The van der Waals surface area contributed by atoms with Gasteiger partial charge in [-0.15, -0.1) is 0 Å². The van der Waals surface area contributed by atoms with E-state index in [0.29, 0.717) is 25.1 Å². The molecule has 0 saturated carbocycles. The van der Waals surface area contributed by atoms with E-state index in [-0.39, 0.29) is 5.91 Å². The van der Waals surface area contributed by atoms with Crippen molar-refractivity contribution in [3.63, 3.8) is 0 Å². The van der Waals surface area contributed by atoms with Crippen molar-refractivity contribution >= 4 is 57.5 Å². The van der Waals surface area contributed by atoms with Crippen LogP contribution in [0.15, 0.2) is 22.0 Å². The molecule has 0 unspecified atom stereocenters. The molecule has 0 atom stereocenters. The molecule has 0 spiro atoms. The number of nitrogens with zero attached hydrogens (tertiary/aromatic N) is 2. The number of hydrogen-bond donors (Lipinski definition) is 0. The molecule has 1 heterocycles. The van der Waals surface area contributed by atoms with Gasteiger partial charge in [-0.2, -0.15) is 0 Å². The summed E-state index contributed by atoms with van der Waals surface area (Å²) in [6.07, 6.45) is 1.73. The van der Waals surface area contributed by atoms with E-state index >= 15 is 0 Å². The summed E-state index contributed by atoms with van der Waals surface area (Å²) < 4.78 is 11.1. The van der Waals surface area contributed by atoms with Crippen LogP contribution in [-0.4, -0.2) is 49.8 Å². The Bertz CT molecular complexity index is 748. The molecule has 2 rings (SSSR count). The van der Waals surface area contributed by atoms with Gasteiger partial charge in [-0.3, -0.25) is 14.7 Å². The fraction of sp³-hybridized carbons (Fsp3) is 0.267. The first-order chi connectivity index (χ1) is 11.4. The van der Waals surface area contributed by atoms with E-state index in [1.54, 1.807) is 32.3 Å². The lowest BCUT2D eigenvalue weighted by atomic mass is 10.2. The number of rotatable bonds is 5. The number of ether oxygens (including phenoxy) is 2. The second kappa shape index (κ2) is 7.88. The van der Waals surface area contributed by atoms with Gasteiger partial charge in [0.05, 0.1) is 21.6 Å². The number of halogens is 1. The summed E-state index contributed by atoms with van der Waals surface area (Å²) in [6, 6.07) is 3.45. The second-order valence-electron chi connectivity index (χ2n) is 4.68. The number of thioether (sulfide) groups is 1. The minimum Gasteiger partial charge on any atom is -0.546 e. The first-order valence-corrected chi connectivity index (χ1v) is 8.61. The van der Waals surface area contributed by atoms with Crippen LogP contribution in [0.5, 0.6) is 11.5 Å². The van der Waals surface area contributed by atoms with Crippen molar-refractivity contribution in [1.29, 1.82) is 0 Å². The Morgan fingerprint density at radius 1 is 1.50 bits per heavy atom. The number of carboxylic acids is 1. The van der Waals surface area contributed by atoms with Crippen LogP contribution < -0.4 is 14.6 Å². The molecule has 1 saturated heterocycles. The van der Waals surface area contributed by atoms with E-state index in [0.717, 1.165) is 5.56 Å². The minimum atomic E-state index is -1.32. The molecule has 0 aromatic heterocycles. The van der Waals surface area contributed by atoms with Gasteiger partial charge in [0.2, 0.25) is 0 Å². The lowest BCUT2D eigenvalue weighted by Gasteiger charge is -2.14. The van der Waals surface area contributed by atoms with Crippen molar-refractivity contribution in [1.82, 2.24) is 4.90 Å². The zero-order valence-electron chi connectivity index (χ0n) is 13.2. The van der Waals surface area contributed by atoms with Crippen LogP contribution in [0.1, 0.15) is 5.56 Å². The molecule has 1 aromatic carbocycles. The van der Waals surface area contributed by atoms with E-state index in [1.165, 1.54) is 23.8 Å². The van der Waals surface area contributed by atoms with Crippen LogP contribution in [0, 0.1) is 3.57 Å². The highest BCUT2D eigenvalue weighted by Crippen LogP contribution is 2.36. The number of carbonyl (C=O) groups is 2. The van der Waals surface area contributed by atoms with Gasteiger partial charge in [-0.25, -0.2) is 0 Å². The molecule has 0 bridgehead atoms. The zero-order chi connectivity index (χ0) is 17.9. The molecule has 24 heavy (non-hydrogen) atoms. The molecule has 0 aliphatic carbocycles. The largest absolute Gasteiger partial charge is 0.546 e. The van der Waals surface area contributed by atoms with Gasteiger partial charge in [0.1, 0.15) is 6.61 Å². The van der Waals surface area contributed by atoms with Crippen molar-refractivity contribution in [3.8, 4) is 11.5 Å². The number of likely N-dealkylation sites (N-methyl/N-ethyl adjacent to an activating group) is 1. The molecule has 1 aliphatic heterocycles. The Balaban J connectivity index is 2.36. The van der Waals surface area contributed by atoms with E-state index in [2.05, 4.69) is 4.99 Å². The third kappa shape index (κ3) is 4.01. The van der Waals surface area contributed by atoms with Gasteiger partial charge >= 0.3 is 0 Å². The minimum absolute atomic E-state index is 0.133. The highest BCUT2D eigenvalue weighted by Gasteiger charge is 2.29. The summed E-state index contributed by atoms with van der Waals surface area (Å²) in [4.78, 5) is 28.8. The molecule has 1 fully saturated rings. The van der Waals surface area contributed by atoms with Crippen molar-refractivity contribution in [2.45, 2.75) is 0 Å². The predicted octanol–water partition coefficient (Wildman–Crippen LogP) is 0.960. The van der Waals surface area contributed by atoms with Crippen molar-refractivity contribution in [2.24, 2.45) is 4.99 Å². The topological polar surface area (TPSA) is 91.3 Å². The monoisotopic (exact) mass is 461 g/mol. The summed E-state index contributed by atoms with van der Waals surface area (Å²) >= 11 is 3.30. The average Bonchev–Trinajstić information content (AvgIpc) is 2.81. The molecular weight excluding hydrogens is 447 g/mol. The van der Waals surface area contributed by atoms with Crippen LogP contribution >= 0.6 is 34.4 Å². The molecule has 1 amide bonds. The Kier molecular flexibility index (Phi) is 6.10. The van der Waals surface area contributed by atoms with Crippen LogP contribution in [0.3, 0.4) is 0 Å². The normalized spacial score (nSPS) is 17.7. The first-order valence-electron chi connectivity index (χ1n) is 6.72. The first kappa shape index (κ1) is 18.6. The number of carboxylic acid groups (broad SMARTS) is 1. The van der Waals surface area contributed by atoms with Crippen molar-refractivity contribution in [2.75, 3.05) is 27.8 Å². The van der Waals surface area contributed by atoms with Gasteiger partial charge in [-0.1, -0.05) is 0 Å². The van der Waals surface area contributed by atoms with Crippen LogP contribution in [0.2, 0.25) is 0 Å². The molecule has 9 heteroatoms. The van der Waals surface area contributed by atoms with E-state index < -0.39 is 12.6 Å². The lowest BCUT2D eigenvalue weighted by Crippen LogP contribution is -2.29. The maximum Gasteiger partial charge on any atom is 0.266 e. The fourth-order valence-corrected chi connectivity index (χ4v) is 3.70. The summed E-state index contributed by atoms with van der Waals surface area (Å²) in [5.74, 6) is -0.751. The van der Waals surface area contributed by atoms with Crippen LogP contribution in [0.25, 0.3) is 6.08 Å². The Morgan fingerprint density at radius 3 is 2.75 bits per heavy atom. The lowest BCUT2D eigenvalue weighted by molar-refractivity contribution is -0.307. The van der Waals surface area contributed by atoms with Crippen molar-refractivity contribution < 1.29 is 24.2 Å². The van der Waals surface area contributed by atoms with Crippen molar-refractivity contribution in [3.05, 3.63) is 26.2 Å². The van der Waals surface area contributed by atoms with E-state index in [9.17, 15) is 14.7 Å². The number of carbonyl (C=O) groups excluding carboxylic acids is 2. The summed E-state index contributed by atoms with van der Waals surface area (Å²) in [5.41, 5.74) is 0.735. The van der Waals surface area contributed by atoms with Crippen LogP contribution in [-0.2, 0) is 9.59 Å². The number of aliphatic imine (C=N–C) groups is 1. The zero-order valence-corrected chi connectivity index (χ0v) is 16.1. The Morgan fingerprint density at radius 2 is 2.21 bits per heavy atom. The Hall–Kier alpha value is -1.75. The third-order valence-electron chi connectivity index (χ3n) is 3.08. The van der Waals surface area contributed by atoms with E-state index in [4.69, 9.17) is 9.47 Å². The fourth-order valence-electron chi connectivity index (χ4n) is 2.00. The van der Waals surface area contributed by atoms with Gasteiger partial charge < -0.3 is 19.4 Å². The smallest absolute Gasteiger partial charge is 0.266 e. The molecule has 1 aromatic rings. The number of amidine groups is 1. The SMILES string of the molecule is CN=C1S/C(=C\c2cc(I)c(OCC(=O)[O-])c(OC)c2)C(=O)N1C. The van der Waals surface area contributed by atoms with Gasteiger partial charge in [-0.05, 0) is 58.1 Å². The highest BCUT2D eigenvalue weighted by molar-refractivity contribution is 14.1. The summed E-state index contributed by atoms with van der Waals surface area (Å²) in [5, 5.41) is 11.2. The van der Waals surface area contributed by atoms with Gasteiger partial charge in [0.15, 0.2) is 16.7 Å². The number of methoxy groups -OCH3 is 1. The number of benzene rings is 1. The highest BCUT2D eigenvalue weighted by atomic mass is 127. The molecule has 0 N–H and O–H groups in total. The summed E-state index contributed by atoms with van der Waals surface area (Å²) in [6.45, 7) is -0.567. The summed E-state index contributed by atoms with van der Waals surface area (Å²) in [7, 11) is 4.75. The average molecular weight is 461 g/mol. The quantitative estimate of drug-likeness (QED) is 0.480. The number of amides is 1. The Labute approximate surface area is 156 Å². The molecule has 0 radical (unpaired) electrons. The van der Waals surface area contributed by atoms with E-state index in [1.807, 2.05) is 22.6 Å². The standard InChI is InChI=1S/C15H15IN2O5S/c1-17-15-18(2)14(21)11(24-15)6-8-4-9(16)13(10(5-8)22-3)23-7-12(19)20/h4-6H,7H2,1-3H3,(H,19,20)/p-1/b11-6-,17-15?. The molecule has 1 aliphatic rings. The second-order valence-corrected chi connectivity index (χ2v) is 6.85. The van der Waals surface area contributed by atoms with Gasteiger partial charge in [0, 0.05) is 14.1 Å². The number of hydrogen-bond acceptors (Lipinski definition) is 7.